The molecule has 0 N–H and O–H groups in total. The molecule has 0 aliphatic rings. The first-order valence-electron chi connectivity index (χ1n) is 6.20. The van der Waals surface area contributed by atoms with Gasteiger partial charge in [0.15, 0.2) is 0 Å². The summed E-state index contributed by atoms with van der Waals surface area (Å²) in [5.74, 6) is -0.312. The third-order valence-electron chi connectivity index (χ3n) is 3.25. The Kier molecular flexibility index (Phi) is 5.29. The van der Waals surface area contributed by atoms with Gasteiger partial charge in [0.05, 0.1) is 30.8 Å². The quantitative estimate of drug-likeness (QED) is 0.436. The lowest BCUT2D eigenvalue weighted by atomic mass is 10.0. The van der Waals surface area contributed by atoms with Crippen LogP contribution in [-0.2, 0) is 10.1 Å². The molecule has 0 bridgehead atoms. The molecule has 0 aromatic heterocycles. The van der Waals surface area contributed by atoms with Crippen molar-refractivity contribution in [3.8, 4) is 0 Å². The van der Waals surface area contributed by atoms with E-state index < -0.39 is 10.1 Å². The predicted octanol–water partition coefficient (Wildman–Crippen LogP) is 1.93. The first-order valence-corrected chi connectivity index (χ1v) is 7.78. The smallest absolute Gasteiger partial charge is 0.133 e. The summed E-state index contributed by atoms with van der Waals surface area (Å²) in [6.45, 7) is 4.47. The topological polar surface area (TPSA) is 57.2 Å². The van der Waals surface area contributed by atoms with Gasteiger partial charge in [-0.05, 0) is 6.08 Å². The summed E-state index contributed by atoms with van der Waals surface area (Å²) in [7, 11) is -0.108. The van der Waals surface area contributed by atoms with Crippen LogP contribution in [0.2, 0.25) is 0 Å². The van der Waals surface area contributed by atoms with Gasteiger partial charge in [-0.2, -0.15) is 0 Å². The zero-order valence-corrected chi connectivity index (χ0v) is 12.3. The normalized spacial score (nSPS) is 14.1. The zero-order valence-electron chi connectivity index (χ0n) is 11.5. The first-order chi connectivity index (χ1) is 8.76. The van der Waals surface area contributed by atoms with E-state index in [4.69, 9.17) is 0 Å². The van der Waals surface area contributed by atoms with Crippen LogP contribution in [0.25, 0.3) is 0 Å². The monoisotopic (exact) mass is 283 g/mol. The van der Waals surface area contributed by atoms with Gasteiger partial charge in [0.25, 0.3) is 0 Å². The standard InChI is InChI=1S/C14H21NO3S/c1-4-14(13-9-6-5-7-10-13)15(2,3)11-8-12-19(16,17)18/h4-7,9-10,14H,1,8,11-12H2,2-3H3. The minimum Gasteiger partial charge on any atom is -0.748 e. The van der Waals surface area contributed by atoms with Crippen molar-refractivity contribution in [2.24, 2.45) is 0 Å². The van der Waals surface area contributed by atoms with Crippen molar-refractivity contribution >= 4 is 10.1 Å². The molecule has 1 aromatic carbocycles. The van der Waals surface area contributed by atoms with Crippen molar-refractivity contribution < 1.29 is 17.5 Å². The van der Waals surface area contributed by atoms with Crippen molar-refractivity contribution in [2.45, 2.75) is 12.5 Å². The summed E-state index contributed by atoms with van der Waals surface area (Å²) in [6.07, 6.45) is 2.22. The van der Waals surface area contributed by atoms with Crippen LogP contribution < -0.4 is 0 Å². The molecular weight excluding hydrogens is 262 g/mol. The van der Waals surface area contributed by atoms with Gasteiger partial charge in [-0.25, -0.2) is 8.42 Å². The number of likely N-dealkylation sites (N-methyl/N-ethyl adjacent to an activating group) is 1. The Labute approximate surface area is 115 Å². The van der Waals surface area contributed by atoms with Crippen LogP contribution in [0.15, 0.2) is 43.0 Å². The van der Waals surface area contributed by atoms with Gasteiger partial charge < -0.3 is 9.04 Å². The molecule has 0 saturated heterocycles. The molecule has 1 aromatic rings. The molecule has 0 aliphatic heterocycles. The summed E-state index contributed by atoms with van der Waals surface area (Å²) in [5, 5.41) is 0. The maximum Gasteiger partial charge on any atom is 0.133 e. The van der Waals surface area contributed by atoms with Gasteiger partial charge in [0.1, 0.15) is 6.04 Å². The van der Waals surface area contributed by atoms with Gasteiger partial charge in [0.2, 0.25) is 0 Å². The summed E-state index contributed by atoms with van der Waals surface area (Å²) < 4.78 is 32.5. The van der Waals surface area contributed by atoms with E-state index in [-0.39, 0.29) is 11.8 Å². The fourth-order valence-electron chi connectivity index (χ4n) is 2.26. The van der Waals surface area contributed by atoms with Gasteiger partial charge >= 0.3 is 0 Å². The first kappa shape index (κ1) is 15.9. The number of rotatable bonds is 7. The van der Waals surface area contributed by atoms with Crippen molar-refractivity contribution in [3.63, 3.8) is 0 Å². The second-order valence-corrected chi connectivity index (χ2v) is 6.73. The van der Waals surface area contributed by atoms with E-state index in [1.165, 1.54) is 0 Å². The average molecular weight is 283 g/mol. The van der Waals surface area contributed by atoms with Crippen LogP contribution in [-0.4, -0.2) is 43.8 Å². The lowest BCUT2D eigenvalue weighted by Crippen LogP contribution is -2.43. The van der Waals surface area contributed by atoms with E-state index in [1.54, 1.807) is 0 Å². The maximum absolute atomic E-state index is 10.6. The number of nitrogens with zero attached hydrogens (tertiary/aromatic N) is 1. The molecule has 0 aliphatic carbocycles. The molecule has 5 heteroatoms. The molecule has 0 radical (unpaired) electrons. The van der Waals surface area contributed by atoms with Crippen molar-refractivity contribution in [1.82, 2.24) is 0 Å². The molecule has 0 amide bonds. The minimum absolute atomic E-state index is 0.0792. The zero-order chi connectivity index (χ0) is 14.5. The number of benzene rings is 1. The van der Waals surface area contributed by atoms with Crippen LogP contribution in [0.1, 0.15) is 18.0 Å². The van der Waals surface area contributed by atoms with Crippen molar-refractivity contribution in [1.29, 1.82) is 0 Å². The predicted molar refractivity (Wildman–Crippen MR) is 75.5 cm³/mol. The van der Waals surface area contributed by atoms with E-state index >= 15 is 0 Å². The van der Waals surface area contributed by atoms with Crippen LogP contribution >= 0.6 is 0 Å². The highest BCUT2D eigenvalue weighted by Crippen LogP contribution is 2.26. The number of hydrogen-bond donors (Lipinski definition) is 0. The van der Waals surface area contributed by atoms with Crippen LogP contribution in [0.5, 0.6) is 0 Å². The van der Waals surface area contributed by atoms with Gasteiger partial charge in [-0.3, -0.25) is 0 Å². The Hall–Kier alpha value is -1.17. The van der Waals surface area contributed by atoms with Gasteiger partial charge in [-0.1, -0.05) is 36.9 Å². The Morgan fingerprint density at radius 2 is 1.89 bits per heavy atom. The minimum atomic E-state index is -4.13. The maximum atomic E-state index is 10.6. The third-order valence-corrected chi connectivity index (χ3v) is 4.03. The number of hydrogen-bond acceptors (Lipinski definition) is 3. The van der Waals surface area contributed by atoms with Crippen LogP contribution in [0.3, 0.4) is 0 Å². The second kappa shape index (κ2) is 6.32. The third kappa shape index (κ3) is 5.14. The van der Waals surface area contributed by atoms with E-state index in [0.29, 0.717) is 17.4 Å². The molecule has 1 atom stereocenters. The van der Waals surface area contributed by atoms with Crippen LogP contribution in [0.4, 0.5) is 0 Å². The fraction of sp³-hybridized carbons (Fsp3) is 0.429. The molecule has 0 saturated carbocycles. The molecule has 0 spiro atoms. The summed E-state index contributed by atoms with van der Waals surface area (Å²) in [4.78, 5) is 0. The molecule has 0 heterocycles. The Bertz CT molecular complexity index is 509. The molecule has 4 nitrogen and oxygen atoms in total. The summed E-state index contributed by atoms with van der Waals surface area (Å²) in [6, 6.07) is 10.0. The lowest BCUT2D eigenvalue weighted by molar-refractivity contribution is -0.914. The van der Waals surface area contributed by atoms with E-state index in [1.807, 2.05) is 50.5 Å². The molecule has 1 rings (SSSR count). The second-order valence-electron chi connectivity index (χ2n) is 5.21. The number of quaternary nitrogens is 1. The molecular formula is C14H21NO3S. The Morgan fingerprint density at radius 1 is 1.32 bits per heavy atom. The lowest BCUT2D eigenvalue weighted by Gasteiger charge is -2.37. The van der Waals surface area contributed by atoms with E-state index in [2.05, 4.69) is 6.58 Å². The molecule has 0 fully saturated rings. The Balaban J connectivity index is 2.76. The van der Waals surface area contributed by atoms with Crippen molar-refractivity contribution in [3.05, 3.63) is 48.6 Å². The summed E-state index contributed by atoms with van der Waals surface area (Å²) >= 11 is 0. The highest BCUT2D eigenvalue weighted by atomic mass is 32.2. The van der Waals surface area contributed by atoms with E-state index in [0.717, 1.165) is 5.56 Å². The van der Waals surface area contributed by atoms with Crippen LogP contribution in [0, 0.1) is 0 Å². The van der Waals surface area contributed by atoms with E-state index in [9.17, 15) is 13.0 Å². The van der Waals surface area contributed by atoms with Crippen molar-refractivity contribution in [2.75, 3.05) is 26.4 Å². The SMILES string of the molecule is C=CC(c1ccccc1)[N+](C)(C)CCCS(=O)(=O)[O-]. The highest BCUT2D eigenvalue weighted by Gasteiger charge is 2.26. The molecule has 1 unspecified atom stereocenters. The molecule has 106 valence electrons. The molecule has 19 heavy (non-hydrogen) atoms. The largest absolute Gasteiger partial charge is 0.748 e. The Morgan fingerprint density at radius 3 is 2.37 bits per heavy atom. The highest BCUT2D eigenvalue weighted by molar-refractivity contribution is 7.85. The fourth-order valence-corrected chi connectivity index (χ4v) is 2.75. The average Bonchev–Trinajstić information content (AvgIpc) is 2.28. The van der Waals surface area contributed by atoms with Gasteiger partial charge in [-0.15, -0.1) is 0 Å². The summed E-state index contributed by atoms with van der Waals surface area (Å²) in [5.41, 5.74) is 1.13. The van der Waals surface area contributed by atoms with Gasteiger partial charge in [0, 0.05) is 17.7 Å².